The van der Waals surface area contributed by atoms with Crippen LogP contribution in [-0.4, -0.2) is 30.0 Å². The number of carbonyl (C=O) groups excluding carboxylic acids is 3. The van der Waals surface area contributed by atoms with Crippen molar-refractivity contribution >= 4 is 45.8 Å². The average molecular weight is 410 g/mol. The van der Waals surface area contributed by atoms with Crippen molar-refractivity contribution in [3.05, 3.63) is 70.7 Å². The highest BCUT2D eigenvalue weighted by molar-refractivity contribution is 7.17. The molecule has 0 unspecified atom stereocenters. The van der Waals surface area contributed by atoms with E-state index in [4.69, 9.17) is 0 Å². The predicted molar refractivity (Wildman–Crippen MR) is 112 cm³/mol. The van der Waals surface area contributed by atoms with Gasteiger partial charge in [0.05, 0.1) is 18.4 Å². The van der Waals surface area contributed by atoms with Crippen molar-refractivity contribution in [2.75, 3.05) is 23.1 Å². The van der Waals surface area contributed by atoms with Gasteiger partial charge in [0.2, 0.25) is 0 Å². The minimum absolute atomic E-state index is 0.308. The Bertz CT molecular complexity index is 1030. The average Bonchev–Trinajstić information content (AvgIpc) is 3.08. The zero-order valence-corrected chi connectivity index (χ0v) is 16.5. The van der Waals surface area contributed by atoms with E-state index in [9.17, 15) is 14.4 Å². The van der Waals surface area contributed by atoms with Crippen LogP contribution in [0.1, 0.15) is 25.7 Å². The zero-order chi connectivity index (χ0) is 20.8. The Labute approximate surface area is 170 Å². The van der Waals surface area contributed by atoms with Gasteiger partial charge in [-0.3, -0.25) is 10.1 Å². The van der Waals surface area contributed by atoms with E-state index >= 15 is 0 Å². The highest BCUT2D eigenvalue weighted by Gasteiger charge is 2.17. The fourth-order valence-corrected chi connectivity index (χ4v) is 3.29. The monoisotopic (exact) mass is 410 g/mol. The number of carbonyl (C=O) groups is 3. The summed E-state index contributed by atoms with van der Waals surface area (Å²) < 4.78 is 4.64. The van der Waals surface area contributed by atoms with Gasteiger partial charge in [0.25, 0.3) is 5.91 Å². The lowest BCUT2D eigenvalue weighted by atomic mass is 10.2. The number of aromatic nitrogens is 1. The van der Waals surface area contributed by atoms with Gasteiger partial charge in [0, 0.05) is 11.4 Å². The van der Waals surface area contributed by atoms with Gasteiger partial charge in [0.1, 0.15) is 4.88 Å². The number of rotatable bonds is 5. The first-order valence-electron chi connectivity index (χ1n) is 8.56. The minimum Gasteiger partial charge on any atom is -0.465 e. The van der Waals surface area contributed by atoms with Crippen LogP contribution in [0.3, 0.4) is 0 Å². The number of benzene rings is 2. The molecule has 2 aromatic carbocycles. The van der Waals surface area contributed by atoms with Crippen LogP contribution in [0.4, 0.5) is 21.3 Å². The van der Waals surface area contributed by atoms with Crippen molar-refractivity contribution in [1.29, 1.82) is 0 Å². The molecular formula is C20H18N4O4S. The first-order valence-corrected chi connectivity index (χ1v) is 9.38. The lowest BCUT2D eigenvalue weighted by Gasteiger charge is -2.05. The molecule has 0 spiro atoms. The van der Waals surface area contributed by atoms with Crippen molar-refractivity contribution in [2.24, 2.45) is 0 Å². The third-order valence-electron chi connectivity index (χ3n) is 3.82. The highest BCUT2D eigenvalue weighted by atomic mass is 32.1. The van der Waals surface area contributed by atoms with Gasteiger partial charge >= 0.3 is 12.0 Å². The Balaban J connectivity index is 1.64. The number of nitrogens with zero attached hydrogens (tertiary/aromatic N) is 1. The number of para-hydroxylation sites is 1. The summed E-state index contributed by atoms with van der Waals surface area (Å²) in [7, 11) is 1.30. The number of thiazole rings is 1. The number of anilines is 3. The second kappa shape index (κ2) is 8.98. The number of hydrogen-bond donors (Lipinski definition) is 3. The van der Waals surface area contributed by atoms with Gasteiger partial charge in [0.15, 0.2) is 5.13 Å². The number of ether oxygens (including phenoxy) is 1. The van der Waals surface area contributed by atoms with Crippen LogP contribution in [0.15, 0.2) is 54.6 Å². The zero-order valence-electron chi connectivity index (χ0n) is 15.7. The van der Waals surface area contributed by atoms with E-state index in [1.807, 2.05) is 18.2 Å². The summed E-state index contributed by atoms with van der Waals surface area (Å²) in [6.45, 7) is 1.69. The summed E-state index contributed by atoms with van der Waals surface area (Å²) in [6.07, 6.45) is 0. The van der Waals surface area contributed by atoms with Gasteiger partial charge in [-0.15, -0.1) is 0 Å². The largest absolute Gasteiger partial charge is 0.465 e. The number of aryl methyl sites for hydroxylation is 1. The Kier molecular flexibility index (Phi) is 6.20. The van der Waals surface area contributed by atoms with Crippen molar-refractivity contribution in [3.8, 4) is 0 Å². The van der Waals surface area contributed by atoms with Crippen LogP contribution in [0, 0.1) is 6.92 Å². The van der Waals surface area contributed by atoms with Crippen molar-refractivity contribution < 1.29 is 19.1 Å². The highest BCUT2D eigenvalue weighted by Crippen LogP contribution is 2.24. The number of amides is 3. The van der Waals surface area contributed by atoms with E-state index in [0.717, 1.165) is 11.3 Å². The first kappa shape index (κ1) is 20.0. The Hall–Kier alpha value is -3.72. The Morgan fingerprint density at radius 1 is 0.897 bits per heavy atom. The number of methoxy groups -OCH3 is 1. The van der Waals surface area contributed by atoms with Gasteiger partial charge < -0.3 is 15.4 Å². The molecule has 0 atom stereocenters. The standard InChI is InChI=1S/C20H18N4O4S/c1-12-16(17(25)22-15-10-8-13(9-11-15)18(26)28-2)29-20(21-12)24-19(27)23-14-6-4-3-5-7-14/h3-11H,1-2H3,(H,22,25)(H2,21,23,24,27). The summed E-state index contributed by atoms with van der Waals surface area (Å²) >= 11 is 1.07. The molecule has 0 fully saturated rings. The quantitative estimate of drug-likeness (QED) is 0.548. The first-order chi connectivity index (χ1) is 14.0. The summed E-state index contributed by atoms with van der Waals surface area (Å²) in [6, 6.07) is 14.9. The third kappa shape index (κ3) is 5.17. The van der Waals surface area contributed by atoms with E-state index in [-0.39, 0.29) is 5.91 Å². The SMILES string of the molecule is COC(=O)c1ccc(NC(=O)c2sc(NC(=O)Nc3ccccc3)nc2C)cc1. The maximum atomic E-state index is 12.5. The maximum absolute atomic E-state index is 12.5. The van der Waals surface area contributed by atoms with Crippen LogP contribution in [0.2, 0.25) is 0 Å². The van der Waals surface area contributed by atoms with E-state index < -0.39 is 12.0 Å². The predicted octanol–water partition coefficient (Wildman–Crippen LogP) is 4.13. The molecule has 148 valence electrons. The van der Waals surface area contributed by atoms with Crippen LogP contribution in [0.5, 0.6) is 0 Å². The molecular weight excluding hydrogens is 392 g/mol. The molecule has 0 aliphatic rings. The molecule has 0 saturated heterocycles. The van der Waals surface area contributed by atoms with Gasteiger partial charge in [-0.1, -0.05) is 29.5 Å². The number of nitrogens with one attached hydrogen (secondary N) is 3. The molecule has 0 saturated carbocycles. The van der Waals surface area contributed by atoms with E-state index in [2.05, 4.69) is 25.7 Å². The third-order valence-corrected chi connectivity index (χ3v) is 4.89. The Morgan fingerprint density at radius 2 is 1.55 bits per heavy atom. The summed E-state index contributed by atoms with van der Waals surface area (Å²) in [4.78, 5) is 40.7. The number of hydrogen-bond acceptors (Lipinski definition) is 6. The smallest absolute Gasteiger partial charge is 0.337 e. The normalized spacial score (nSPS) is 10.1. The van der Waals surface area contributed by atoms with Gasteiger partial charge in [-0.05, 0) is 43.3 Å². The maximum Gasteiger partial charge on any atom is 0.337 e. The van der Waals surface area contributed by atoms with Crippen LogP contribution < -0.4 is 16.0 Å². The molecule has 0 aliphatic heterocycles. The van der Waals surface area contributed by atoms with Gasteiger partial charge in [-0.25, -0.2) is 14.6 Å². The molecule has 3 N–H and O–H groups in total. The van der Waals surface area contributed by atoms with E-state index in [0.29, 0.717) is 32.6 Å². The van der Waals surface area contributed by atoms with Crippen LogP contribution in [0.25, 0.3) is 0 Å². The molecule has 0 bridgehead atoms. The molecule has 3 amide bonds. The summed E-state index contributed by atoms with van der Waals surface area (Å²) in [5, 5.41) is 8.36. The molecule has 9 heteroatoms. The number of urea groups is 1. The van der Waals surface area contributed by atoms with E-state index in [1.54, 1.807) is 43.3 Å². The van der Waals surface area contributed by atoms with Crippen molar-refractivity contribution in [2.45, 2.75) is 6.92 Å². The summed E-state index contributed by atoms with van der Waals surface area (Å²) in [5.41, 5.74) is 2.04. The van der Waals surface area contributed by atoms with E-state index in [1.165, 1.54) is 7.11 Å². The molecule has 0 aliphatic carbocycles. The second-order valence-electron chi connectivity index (χ2n) is 5.90. The topological polar surface area (TPSA) is 109 Å². The fraction of sp³-hybridized carbons (Fsp3) is 0.100. The molecule has 29 heavy (non-hydrogen) atoms. The number of esters is 1. The lowest BCUT2D eigenvalue weighted by molar-refractivity contribution is 0.0600. The minimum atomic E-state index is -0.453. The molecule has 3 rings (SSSR count). The summed E-state index contributed by atoms with van der Waals surface area (Å²) in [5.74, 6) is -0.812. The molecule has 8 nitrogen and oxygen atoms in total. The molecule has 0 radical (unpaired) electrons. The Morgan fingerprint density at radius 3 is 2.21 bits per heavy atom. The molecule has 1 heterocycles. The van der Waals surface area contributed by atoms with Crippen LogP contribution >= 0.6 is 11.3 Å². The van der Waals surface area contributed by atoms with Gasteiger partial charge in [-0.2, -0.15) is 0 Å². The lowest BCUT2D eigenvalue weighted by Crippen LogP contribution is -2.19. The van der Waals surface area contributed by atoms with Crippen molar-refractivity contribution in [3.63, 3.8) is 0 Å². The molecule has 1 aromatic heterocycles. The van der Waals surface area contributed by atoms with Crippen molar-refractivity contribution in [1.82, 2.24) is 4.98 Å². The molecule has 3 aromatic rings. The second-order valence-corrected chi connectivity index (χ2v) is 6.90. The van der Waals surface area contributed by atoms with Crippen LogP contribution in [-0.2, 0) is 4.74 Å². The fourth-order valence-electron chi connectivity index (χ4n) is 2.44.